The van der Waals surface area contributed by atoms with E-state index in [0.29, 0.717) is 25.4 Å². The number of nitrogens with one attached hydrogen (secondary N) is 1. The van der Waals surface area contributed by atoms with Crippen molar-refractivity contribution in [2.24, 2.45) is 5.92 Å². The Bertz CT molecular complexity index is 1200. The van der Waals surface area contributed by atoms with E-state index in [0.717, 1.165) is 31.4 Å². The molecule has 3 aliphatic heterocycles. The maximum absolute atomic E-state index is 13.9. The Morgan fingerprint density at radius 3 is 2.79 bits per heavy atom. The molecule has 2 amide bonds. The second-order valence-electron chi connectivity index (χ2n) is 9.21. The van der Waals surface area contributed by atoms with Gasteiger partial charge < -0.3 is 19.5 Å². The third-order valence-corrected chi connectivity index (χ3v) is 6.94. The van der Waals surface area contributed by atoms with E-state index >= 15 is 0 Å². The van der Waals surface area contributed by atoms with Crippen LogP contribution in [0, 0.1) is 17.6 Å². The topological polar surface area (TPSA) is 80.6 Å². The third kappa shape index (κ3) is 3.50. The monoisotopic (exact) mass is 457 g/mol. The highest BCUT2D eigenvalue weighted by Crippen LogP contribution is 2.54. The van der Waals surface area contributed by atoms with Crippen LogP contribution in [0.4, 0.5) is 8.78 Å². The van der Waals surface area contributed by atoms with Crippen LogP contribution in [0.2, 0.25) is 0 Å². The van der Waals surface area contributed by atoms with Crippen LogP contribution in [0.5, 0.6) is 5.75 Å². The molecule has 0 unspecified atom stereocenters. The van der Waals surface area contributed by atoms with E-state index in [2.05, 4.69) is 5.32 Å². The molecule has 0 radical (unpaired) electrons. The van der Waals surface area contributed by atoms with Crippen LogP contribution in [-0.4, -0.2) is 40.0 Å². The fourth-order valence-corrected chi connectivity index (χ4v) is 5.31. The van der Waals surface area contributed by atoms with Crippen molar-refractivity contribution < 1.29 is 23.1 Å². The molecule has 1 aliphatic carbocycles. The van der Waals surface area contributed by atoms with Crippen molar-refractivity contribution in [3.05, 3.63) is 63.1 Å². The van der Waals surface area contributed by atoms with Gasteiger partial charge in [-0.2, -0.15) is 0 Å². The molecule has 1 aromatic carbocycles. The molecule has 1 saturated carbocycles. The number of ether oxygens (including phenoxy) is 1. The number of unbranched alkanes of at least 4 members (excludes halogenated alkanes) is 1. The summed E-state index contributed by atoms with van der Waals surface area (Å²) in [4.78, 5) is 41.3. The van der Waals surface area contributed by atoms with Crippen LogP contribution < -0.4 is 15.5 Å². The summed E-state index contributed by atoms with van der Waals surface area (Å²) < 4.78 is 34.5. The van der Waals surface area contributed by atoms with E-state index in [4.69, 9.17) is 4.74 Å². The standard InChI is InChI=1S/C24H25F2N3O4/c1-2-3-6-33-21-19-23(32)29-11-14-8-24(29,9-14)13-28(19)12-17(20(21)30)22(31)27-10-15-4-5-16(25)7-18(15)26/h4-5,7,12,14H,2-3,6,8-11,13H2,1H3,(H,27,31)/t14-,24+. The van der Waals surface area contributed by atoms with Gasteiger partial charge in [0, 0.05) is 37.5 Å². The average molecular weight is 457 g/mol. The maximum Gasteiger partial charge on any atom is 0.275 e. The van der Waals surface area contributed by atoms with E-state index in [1.807, 2.05) is 11.8 Å². The second kappa shape index (κ2) is 7.97. The Labute approximate surface area is 189 Å². The Morgan fingerprint density at radius 1 is 1.27 bits per heavy atom. The first-order chi connectivity index (χ1) is 15.8. The van der Waals surface area contributed by atoms with Crippen LogP contribution in [0.1, 0.15) is 59.0 Å². The summed E-state index contributed by atoms with van der Waals surface area (Å²) in [6.45, 7) is 3.22. The molecule has 4 aliphatic rings. The number of pyridine rings is 1. The van der Waals surface area contributed by atoms with Gasteiger partial charge in [0.05, 0.1) is 12.1 Å². The first kappa shape index (κ1) is 21.6. The lowest BCUT2D eigenvalue weighted by Crippen LogP contribution is -2.56. The van der Waals surface area contributed by atoms with Gasteiger partial charge in [0.2, 0.25) is 5.43 Å². The van der Waals surface area contributed by atoms with Crippen LogP contribution in [0.15, 0.2) is 29.2 Å². The quantitative estimate of drug-likeness (QED) is 0.649. The number of halogens is 2. The fourth-order valence-electron chi connectivity index (χ4n) is 5.31. The number of nitrogens with zero attached hydrogens (tertiary/aromatic N) is 2. The van der Waals surface area contributed by atoms with Gasteiger partial charge in [-0.3, -0.25) is 14.4 Å². The molecule has 1 aromatic heterocycles. The van der Waals surface area contributed by atoms with Crippen molar-refractivity contribution in [3.63, 3.8) is 0 Å². The lowest BCUT2D eigenvalue weighted by atomic mass is 9.72. The number of fused-ring (bicyclic) bond motifs is 1. The molecule has 2 aromatic rings. The molecule has 9 heteroatoms. The summed E-state index contributed by atoms with van der Waals surface area (Å²) in [5, 5.41) is 2.53. The highest BCUT2D eigenvalue weighted by Gasteiger charge is 2.60. The zero-order valence-corrected chi connectivity index (χ0v) is 18.3. The van der Waals surface area contributed by atoms with Gasteiger partial charge in [-0.1, -0.05) is 19.4 Å². The van der Waals surface area contributed by atoms with Gasteiger partial charge >= 0.3 is 0 Å². The summed E-state index contributed by atoms with van der Waals surface area (Å²) >= 11 is 0. The van der Waals surface area contributed by atoms with Gasteiger partial charge in [0.1, 0.15) is 17.2 Å². The number of hydrogen-bond donors (Lipinski definition) is 1. The zero-order valence-electron chi connectivity index (χ0n) is 18.3. The highest BCUT2D eigenvalue weighted by atomic mass is 19.1. The second-order valence-corrected chi connectivity index (χ2v) is 9.21. The van der Waals surface area contributed by atoms with E-state index in [9.17, 15) is 23.2 Å². The van der Waals surface area contributed by atoms with Crippen molar-refractivity contribution in [1.82, 2.24) is 14.8 Å². The number of aromatic nitrogens is 1. The number of carbonyl (C=O) groups is 2. The molecule has 33 heavy (non-hydrogen) atoms. The number of hydrogen-bond acceptors (Lipinski definition) is 4. The van der Waals surface area contributed by atoms with Crippen LogP contribution in [0.25, 0.3) is 0 Å². The molecular weight excluding hydrogens is 432 g/mol. The van der Waals surface area contributed by atoms with Crippen molar-refractivity contribution in [3.8, 4) is 5.75 Å². The normalized spacial score (nSPS) is 22.5. The molecule has 1 N–H and O–H groups in total. The summed E-state index contributed by atoms with van der Waals surface area (Å²) in [5.41, 5.74) is -0.798. The van der Waals surface area contributed by atoms with Crippen molar-refractivity contribution >= 4 is 11.8 Å². The average Bonchev–Trinajstić information content (AvgIpc) is 3.31. The minimum atomic E-state index is -0.786. The van der Waals surface area contributed by atoms with Gasteiger partial charge in [0.25, 0.3) is 11.8 Å². The van der Waals surface area contributed by atoms with Crippen LogP contribution in [-0.2, 0) is 13.1 Å². The van der Waals surface area contributed by atoms with E-state index in [1.54, 1.807) is 4.57 Å². The maximum atomic E-state index is 13.9. The molecule has 1 spiro atoms. The first-order valence-corrected chi connectivity index (χ1v) is 11.3. The van der Waals surface area contributed by atoms with Gasteiger partial charge in [-0.15, -0.1) is 0 Å². The minimum Gasteiger partial charge on any atom is -0.487 e. The molecule has 0 atom stereocenters. The van der Waals surface area contributed by atoms with Gasteiger partial charge in [-0.05, 0) is 31.2 Å². The van der Waals surface area contributed by atoms with Crippen molar-refractivity contribution in [2.45, 2.75) is 51.2 Å². The molecule has 2 bridgehead atoms. The molecule has 3 fully saturated rings. The Morgan fingerprint density at radius 2 is 2.06 bits per heavy atom. The lowest BCUT2D eigenvalue weighted by molar-refractivity contribution is 0.0387. The van der Waals surface area contributed by atoms with E-state index in [-0.39, 0.29) is 47.2 Å². The summed E-state index contributed by atoms with van der Waals surface area (Å²) in [6.07, 6.45) is 4.79. The Hall–Kier alpha value is -3.23. The predicted octanol–water partition coefficient (Wildman–Crippen LogP) is 2.85. The minimum absolute atomic E-state index is 0.0957. The molecule has 4 heterocycles. The number of benzene rings is 1. The van der Waals surface area contributed by atoms with Gasteiger partial charge in [-0.25, -0.2) is 8.78 Å². The molecule has 2 saturated heterocycles. The molecule has 6 rings (SSSR count). The zero-order chi connectivity index (χ0) is 23.3. The molecular formula is C24H25F2N3O4. The summed E-state index contributed by atoms with van der Waals surface area (Å²) in [7, 11) is 0. The van der Waals surface area contributed by atoms with Gasteiger partial charge in [0.15, 0.2) is 11.4 Å². The van der Waals surface area contributed by atoms with Crippen LogP contribution >= 0.6 is 0 Å². The summed E-state index contributed by atoms with van der Waals surface area (Å²) in [5.74, 6) is -2.06. The third-order valence-electron chi connectivity index (χ3n) is 6.94. The largest absolute Gasteiger partial charge is 0.487 e. The molecule has 174 valence electrons. The first-order valence-electron chi connectivity index (χ1n) is 11.3. The van der Waals surface area contributed by atoms with E-state index in [1.165, 1.54) is 12.3 Å². The number of amides is 2. The highest BCUT2D eigenvalue weighted by molar-refractivity contribution is 6.00. The Balaban J connectivity index is 1.48. The smallest absolute Gasteiger partial charge is 0.275 e. The summed E-state index contributed by atoms with van der Waals surface area (Å²) in [6, 6.07) is 3.07. The van der Waals surface area contributed by atoms with Crippen LogP contribution in [0.3, 0.4) is 0 Å². The van der Waals surface area contributed by atoms with E-state index < -0.39 is 23.0 Å². The predicted molar refractivity (Wildman–Crippen MR) is 115 cm³/mol. The Kier molecular flexibility index (Phi) is 5.22. The number of carbonyl (C=O) groups excluding carboxylic acids is 2. The van der Waals surface area contributed by atoms with Crippen molar-refractivity contribution in [1.29, 1.82) is 0 Å². The fraction of sp³-hybridized carbons (Fsp3) is 0.458. The SMILES string of the molecule is CCCCOc1c2n(cc(C(=O)NCc3ccc(F)cc3F)c1=O)C[C@]13C[C@H](CN1C2=O)C3. The lowest BCUT2D eigenvalue weighted by Gasteiger charge is -2.46. The number of rotatable bonds is 7. The molecule has 7 nitrogen and oxygen atoms in total. The van der Waals surface area contributed by atoms with Crippen molar-refractivity contribution in [2.75, 3.05) is 13.2 Å².